The SMILES string of the molecule is Cc1cc(=O)c(C(=O)NCc2cccc(Cn3ccnc3)c2)nn1-c1ccccc1C(F)(F)F. The number of hydrogen-bond acceptors (Lipinski definition) is 4. The summed E-state index contributed by atoms with van der Waals surface area (Å²) in [7, 11) is 0. The van der Waals surface area contributed by atoms with E-state index in [-0.39, 0.29) is 17.9 Å². The van der Waals surface area contributed by atoms with Gasteiger partial charge in [0.15, 0.2) is 5.69 Å². The first-order valence-corrected chi connectivity index (χ1v) is 10.3. The number of carbonyl (C=O) groups is 1. The number of benzene rings is 2. The van der Waals surface area contributed by atoms with Crippen LogP contribution in [0.15, 0.2) is 78.1 Å². The lowest BCUT2D eigenvalue weighted by molar-refractivity contribution is -0.137. The number of aromatic nitrogens is 4. The Morgan fingerprint density at radius 2 is 1.82 bits per heavy atom. The van der Waals surface area contributed by atoms with Gasteiger partial charge < -0.3 is 9.88 Å². The van der Waals surface area contributed by atoms with E-state index in [2.05, 4.69) is 15.4 Å². The predicted octanol–water partition coefficient (Wildman–Crippen LogP) is 3.73. The highest BCUT2D eigenvalue weighted by Gasteiger charge is 2.34. The fourth-order valence-electron chi connectivity index (χ4n) is 3.54. The summed E-state index contributed by atoms with van der Waals surface area (Å²) < 4.78 is 43.3. The third-order valence-electron chi connectivity index (χ3n) is 5.13. The number of halogens is 3. The van der Waals surface area contributed by atoms with Gasteiger partial charge in [0.1, 0.15) is 0 Å². The van der Waals surface area contributed by atoms with Crippen LogP contribution in [0.25, 0.3) is 5.69 Å². The van der Waals surface area contributed by atoms with Crippen molar-refractivity contribution in [1.29, 1.82) is 0 Å². The fraction of sp³-hybridized carbons (Fsp3) is 0.167. The third kappa shape index (κ3) is 5.06. The number of aryl methyl sites for hydroxylation is 1. The Morgan fingerprint density at radius 1 is 1.06 bits per heavy atom. The Bertz CT molecular complexity index is 1380. The Labute approximate surface area is 192 Å². The zero-order valence-electron chi connectivity index (χ0n) is 18.1. The fourth-order valence-corrected chi connectivity index (χ4v) is 3.54. The first-order valence-electron chi connectivity index (χ1n) is 10.3. The summed E-state index contributed by atoms with van der Waals surface area (Å²) in [4.78, 5) is 29.2. The minimum absolute atomic E-state index is 0.116. The molecule has 0 aliphatic carbocycles. The lowest BCUT2D eigenvalue weighted by atomic mass is 10.1. The topological polar surface area (TPSA) is 81.8 Å². The molecule has 0 aliphatic heterocycles. The van der Waals surface area contributed by atoms with Gasteiger partial charge in [-0.2, -0.15) is 18.3 Å². The number of imidazole rings is 1. The molecule has 0 saturated carbocycles. The standard InChI is InChI=1S/C24H20F3N5O2/c1-16-11-21(33)22(30-32(16)20-8-3-2-7-19(20)24(25,26)27)23(34)29-13-17-5-4-6-18(12-17)14-31-10-9-28-15-31/h2-12,15H,13-14H2,1H3,(H,29,34). The molecule has 4 rings (SSSR count). The highest BCUT2D eigenvalue weighted by Crippen LogP contribution is 2.33. The van der Waals surface area contributed by atoms with Gasteiger partial charge in [-0.1, -0.05) is 36.4 Å². The second kappa shape index (κ2) is 9.34. The smallest absolute Gasteiger partial charge is 0.346 e. The number of carbonyl (C=O) groups excluding carboxylic acids is 1. The van der Waals surface area contributed by atoms with Crippen LogP contribution in [0, 0.1) is 6.92 Å². The van der Waals surface area contributed by atoms with E-state index in [0.29, 0.717) is 6.54 Å². The first-order chi connectivity index (χ1) is 16.2. The van der Waals surface area contributed by atoms with Crippen molar-refractivity contribution in [2.75, 3.05) is 0 Å². The summed E-state index contributed by atoms with van der Waals surface area (Å²) in [6.07, 6.45) is 0.579. The molecule has 0 bridgehead atoms. The van der Waals surface area contributed by atoms with Gasteiger partial charge in [0.2, 0.25) is 5.43 Å². The Morgan fingerprint density at radius 3 is 2.56 bits per heavy atom. The van der Waals surface area contributed by atoms with Crippen LogP contribution < -0.4 is 10.7 Å². The van der Waals surface area contributed by atoms with Crippen molar-refractivity contribution >= 4 is 5.91 Å². The van der Waals surface area contributed by atoms with Crippen LogP contribution in [0.3, 0.4) is 0 Å². The van der Waals surface area contributed by atoms with Gasteiger partial charge in [-0.05, 0) is 30.2 Å². The lowest BCUT2D eigenvalue weighted by Gasteiger charge is -2.16. The Balaban J connectivity index is 1.57. The lowest BCUT2D eigenvalue weighted by Crippen LogP contribution is -2.32. The number of para-hydroxylation sites is 1. The minimum atomic E-state index is -4.63. The van der Waals surface area contributed by atoms with Crippen molar-refractivity contribution < 1.29 is 18.0 Å². The molecule has 2 aromatic carbocycles. The second-order valence-electron chi connectivity index (χ2n) is 7.66. The van der Waals surface area contributed by atoms with E-state index in [0.717, 1.165) is 27.9 Å². The molecule has 7 nitrogen and oxygen atoms in total. The maximum absolute atomic E-state index is 13.5. The van der Waals surface area contributed by atoms with Crippen molar-refractivity contribution in [3.8, 4) is 5.69 Å². The highest BCUT2D eigenvalue weighted by atomic mass is 19.4. The number of alkyl halides is 3. The van der Waals surface area contributed by atoms with Gasteiger partial charge in [0.05, 0.1) is 17.6 Å². The molecule has 0 unspecified atom stereocenters. The molecule has 2 heterocycles. The monoisotopic (exact) mass is 467 g/mol. The zero-order valence-corrected chi connectivity index (χ0v) is 18.1. The minimum Gasteiger partial charge on any atom is -0.346 e. The molecule has 0 aliphatic rings. The molecule has 174 valence electrons. The van der Waals surface area contributed by atoms with Crippen LogP contribution in [0.4, 0.5) is 13.2 Å². The Kier molecular flexibility index (Phi) is 6.31. The van der Waals surface area contributed by atoms with Gasteiger partial charge in [0.25, 0.3) is 5.91 Å². The maximum atomic E-state index is 13.5. The normalized spacial score (nSPS) is 11.4. The van der Waals surface area contributed by atoms with Crippen LogP contribution in [0.5, 0.6) is 0 Å². The number of amides is 1. The van der Waals surface area contributed by atoms with Gasteiger partial charge in [-0.15, -0.1) is 0 Å². The average Bonchev–Trinajstić information content (AvgIpc) is 3.30. The van der Waals surface area contributed by atoms with Crippen molar-refractivity contribution in [3.63, 3.8) is 0 Å². The molecule has 1 N–H and O–H groups in total. The average molecular weight is 467 g/mol. The number of nitrogens with zero attached hydrogens (tertiary/aromatic N) is 4. The van der Waals surface area contributed by atoms with Crippen LogP contribution >= 0.6 is 0 Å². The molecular formula is C24H20F3N5O2. The van der Waals surface area contributed by atoms with Gasteiger partial charge >= 0.3 is 6.18 Å². The number of rotatable bonds is 6. The van der Waals surface area contributed by atoms with Crippen LogP contribution in [0.2, 0.25) is 0 Å². The molecule has 0 spiro atoms. The van der Waals surface area contributed by atoms with Crippen LogP contribution in [0.1, 0.15) is 32.9 Å². The molecule has 1 amide bonds. The molecule has 34 heavy (non-hydrogen) atoms. The quantitative estimate of drug-likeness (QED) is 0.469. The van der Waals surface area contributed by atoms with Crippen molar-refractivity contribution in [2.24, 2.45) is 0 Å². The summed E-state index contributed by atoms with van der Waals surface area (Å²) in [5, 5.41) is 6.61. The Hall–Kier alpha value is -4.21. The van der Waals surface area contributed by atoms with Gasteiger partial charge in [-0.25, -0.2) is 9.67 Å². The van der Waals surface area contributed by atoms with Crippen LogP contribution in [-0.2, 0) is 19.3 Å². The van der Waals surface area contributed by atoms with E-state index in [1.165, 1.54) is 25.1 Å². The molecule has 2 aromatic heterocycles. The number of hydrogen-bond donors (Lipinski definition) is 1. The largest absolute Gasteiger partial charge is 0.418 e. The molecule has 0 atom stereocenters. The number of nitrogens with one attached hydrogen (secondary N) is 1. The second-order valence-corrected chi connectivity index (χ2v) is 7.66. The molecule has 0 radical (unpaired) electrons. The van der Waals surface area contributed by atoms with Crippen molar-refractivity contribution in [2.45, 2.75) is 26.2 Å². The van der Waals surface area contributed by atoms with Crippen LogP contribution in [-0.4, -0.2) is 25.2 Å². The first kappa shape index (κ1) is 23.0. The third-order valence-corrected chi connectivity index (χ3v) is 5.13. The van der Waals surface area contributed by atoms with E-state index in [1.807, 2.05) is 35.0 Å². The summed E-state index contributed by atoms with van der Waals surface area (Å²) in [6.45, 7) is 2.17. The summed E-state index contributed by atoms with van der Waals surface area (Å²) in [5.41, 5.74) is -0.401. The van der Waals surface area contributed by atoms with E-state index in [9.17, 15) is 22.8 Å². The van der Waals surface area contributed by atoms with Gasteiger partial charge in [0, 0.05) is 37.2 Å². The maximum Gasteiger partial charge on any atom is 0.418 e. The van der Waals surface area contributed by atoms with E-state index >= 15 is 0 Å². The van der Waals surface area contributed by atoms with E-state index in [4.69, 9.17) is 0 Å². The van der Waals surface area contributed by atoms with E-state index in [1.54, 1.807) is 12.5 Å². The molecule has 10 heteroatoms. The summed E-state index contributed by atoms with van der Waals surface area (Å²) in [6, 6.07) is 13.5. The van der Waals surface area contributed by atoms with Crippen molar-refractivity contribution in [1.82, 2.24) is 24.6 Å². The zero-order chi connectivity index (χ0) is 24.3. The van der Waals surface area contributed by atoms with E-state index < -0.39 is 28.8 Å². The molecule has 4 aromatic rings. The molecule has 0 fully saturated rings. The van der Waals surface area contributed by atoms with Crippen molar-refractivity contribution in [3.05, 3.63) is 112 Å². The van der Waals surface area contributed by atoms with Gasteiger partial charge in [-0.3, -0.25) is 9.59 Å². The highest BCUT2D eigenvalue weighted by molar-refractivity contribution is 5.92. The predicted molar refractivity (Wildman–Crippen MR) is 119 cm³/mol. The summed E-state index contributed by atoms with van der Waals surface area (Å²) in [5.74, 6) is -0.775. The molecular weight excluding hydrogens is 447 g/mol. The summed E-state index contributed by atoms with van der Waals surface area (Å²) >= 11 is 0. The molecule has 0 saturated heterocycles.